The summed E-state index contributed by atoms with van der Waals surface area (Å²) in [6.07, 6.45) is 1.47. The Kier molecular flexibility index (Phi) is 2.39. The number of hydrogen-bond acceptors (Lipinski definition) is 4. The summed E-state index contributed by atoms with van der Waals surface area (Å²) in [5.41, 5.74) is 0.894. The van der Waals surface area contributed by atoms with E-state index in [-0.39, 0.29) is 0 Å². The van der Waals surface area contributed by atoms with Crippen LogP contribution in [0.5, 0.6) is 5.19 Å². The van der Waals surface area contributed by atoms with E-state index in [0.717, 1.165) is 5.69 Å². The molecule has 1 unspecified atom stereocenters. The fraction of sp³-hybridized carbons (Fsp3) is 0.400. The van der Waals surface area contributed by atoms with Crippen molar-refractivity contribution in [2.75, 3.05) is 6.26 Å². The normalized spacial score (nSPS) is 13.0. The first-order chi connectivity index (χ1) is 4.68. The lowest BCUT2D eigenvalue weighted by Crippen LogP contribution is -1.95. The van der Waals surface area contributed by atoms with Crippen molar-refractivity contribution < 1.29 is 8.39 Å². The molecular formula is C5H7NO2S2. The number of hydrogen-bond donors (Lipinski definition) is 0. The van der Waals surface area contributed by atoms with Crippen LogP contribution in [0.15, 0.2) is 5.38 Å². The summed E-state index contributed by atoms with van der Waals surface area (Å²) in [5.74, 6) is 0. The predicted octanol–water partition coefficient (Wildman–Crippen LogP) is 1.12. The summed E-state index contributed by atoms with van der Waals surface area (Å²) in [5, 5.41) is 2.32. The Morgan fingerprint density at radius 1 is 1.80 bits per heavy atom. The van der Waals surface area contributed by atoms with E-state index in [9.17, 15) is 4.21 Å². The molecule has 0 bridgehead atoms. The maximum atomic E-state index is 10.5. The highest BCUT2D eigenvalue weighted by Gasteiger charge is 1.99. The number of nitrogens with zero attached hydrogens (tertiary/aromatic N) is 1. The quantitative estimate of drug-likeness (QED) is 0.679. The highest BCUT2D eigenvalue weighted by molar-refractivity contribution is 7.79. The lowest BCUT2D eigenvalue weighted by Gasteiger charge is -1.91. The molecule has 0 spiro atoms. The van der Waals surface area contributed by atoms with Gasteiger partial charge in [-0.3, -0.25) is 0 Å². The molecule has 0 N–H and O–H groups in total. The van der Waals surface area contributed by atoms with Gasteiger partial charge in [-0.25, -0.2) is 9.19 Å². The number of aromatic nitrogens is 1. The van der Waals surface area contributed by atoms with Crippen LogP contribution in [0.4, 0.5) is 0 Å². The van der Waals surface area contributed by atoms with Crippen molar-refractivity contribution in [3.8, 4) is 5.19 Å². The van der Waals surface area contributed by atoms with E-state index < -0.39 is 11.1 Å². The highest BCUT2D eigenvalue weighted by atomic mass is 32.2. The van der Waals surface area contributed by atoms with E-state index in [1.807, 2.05) is 12.3 Å². The fourth-order valence-corrected chi connectivity index (χ4v) is 1.67. The summed E-state index contributed by atoms with van der Waals surface area (Å²) in [4.78, 5) is 3.95. The highest BCUT2D eigenvalue weighted by Crippen LogP contribution is 2.17. The third kappa shape index (κ3) is 2.07. The Hall–Kier alpha value is -0.420. The largest absolute Gasteiger partial charge is 0.370 e. The van der Waals surface area contributed by atoms with Gasteiger partial charge in [-0.2, -0.15) is 0 Å². The van der Waals surface area contributed by atoms with Gasteiger partial charge in [0.15, 0.2) is 0 Å². The molecule has 10 heavy (non-hydrogen) atoms. The van der Waals surface area contributed by atoms with Gasteiger partial charge in [0.2, 0.25) is 11.1 Å². The molecule has 0 saturated carbocycles. The zero-order chi connectivity index (χ0) is 7.56. The summed E-state index contributed by atoms with van der Waals surface area (Å²) in [6, 6.07) is 0. The number of aryl methyl sites for hydroxylation is 1. The van der Waals surface area contributed by atoms with E-state index in [1.165, 1.54) is 17.6 Å². The molecule has 1 aromatic rings. The number of thiazole rings is 1. The Bertz CT molecular complexity index is 246. The molecular weight excluding hydrogens is 170 g/mol. The van der Waals surface area contributed by atoms with Gasteiger partial charge in [0.1, 0.15) is 0 Å². The van der Waals surface area contributed by atoms with Crippen LogP contribution in [0.25, 0.3) is 0 Å². The third-order valence-electron chi connectivity index (χ3n) is 0.787. The van der Waals surface area contributed by atoms with Crippen molar-refractivity contribution in [1.82, 2.24) is 4.98 Å². The first-order valence-electron chi connectivity index (χ1n) is 2.62. The maximum Gasteiger partial charge on any atom is 0.288 e. The van der Waals surface area contributed by atoms with Crippen LogP contribution < -0.4 is 4.18 Å². The topological polar surface area (TPSA) is 39.2 Å². The molecule has 0 aliphatic carbocycles. The first-order valence-corrected chi connectivity index (χ1v) is 4.98. The molecule has 56 valence electrons. The smallest absolute Gasteiger partial charge is 0.288 e. The Balaban J connectivity index is 2.67. The molecule has 0 radical (unpaired) electrons. The standard InChI is InChI=1S/C5H7NO2S2/c1-4-3-9-5(6-4)8-10(2)7/h3H,1-2H3. The summed E-state index contributed by atoms with van der Waals surface area (Å²) >= 11 is 0.0962. The Morgan fingerprint density at radius 3 is 2.90 bits per heavy atom. The summed E-state index contributed by atoms with van der Waals surface area (Å²) < 4.78 is 15.3. The minimum atomic E-state index is -1.26. The predicted molar refractivity (Wildman–Crippen MR) is 41.5 cm³/mol. The van der Waals surface area contributed by atoms with Crippen molar-refractivity contribution in [1.29, 1.82) is 0 Å². The molecule has 0 saturated heterocycles. The average Bonchev–Trinajstić information content (AvgIpc) is 2.13. The van der Waals surface area contributed by atoms with Crippen LogP contribution in [0.3, 0.4) is 0 Å². The van der Waals surface area contributed by atoms with Crippen LogP contribution in [0, 0.1) is 6.92 Å². The van der Waals surface area contributed by atoms with E-state index in [2.05, 4.69) is 4.98 Å². The molecule has 0 amide bonds. The van der Waals surface area contributed by atoms with Gasteiger partial charge in [-0.1, -0.05) is 11.3 Å². The SMILES string of the molecule is Cc1csc(OS(C)=O)n1. The molecule has 1 atom stereocenters. The second-order valence-electron chi connectivity index (χ2n) is 1.74. The van der Waals surface area contributed by atoms with Crippen molar-refractivity contribution in [2.45, 2.75) is 6.92 Å². The zero-order valence-electron chi connectivity index (χ0n) is 5.66. The van der Waals surface area contributed by atoms with Gasteiger partial charge in [0.25, 0.3) is 5.19 Å². The first kappa shape index (κ1) is 7.68. The van der Waals surface area contributed by atoms with Crippen LogP contribution in [0.1, 0.15) is 5.69 Å². The summed E-state index contributed by atoms with van der Waals surface area (Å²) in [6.45, 7) is 1.86. The maximum absolute atomic E-state index is 10.5. The minimum absolute atomic E-state index is 0.471. The van der Waals surface area contributed by atoms with Gasteiger partial charge in [0, 0.05) is 11.6 Å². The van der Waals surface area contributed by atoms with Gasteiger partial charge in [-0.05, 0) is 6.92 Å². The van der Waals surface area contributed by atoms with Gasteiger partial charge >= 0.3 is 0 Å². The van der Waals surface area contributed by atoms with E-state index >= 15 is 0 Å². The third-order valence-corrected chi connectivity index (χ3v) is 2.12. The van der Waals surface area contributed by atoms with Crippen molar-refractivity contribution in [3.63, 3.8) is 0 Å². The minimum Gasteiger partial charge on any atom is -0.370 e. The molecule has 0 aliphatic rings. The van der Waals surface area contributed by atoms with Crippen LogP contribution in [-0.2, 0) is 11.1 Å². The van der Waals surface area contributed by atoms with Gasteiger partial charge < -0.3 is 4.18 Å². The second-order valence-corrected chi connectivity index (χ2v) is 3.53. The van der Waals surface area contributed by atoms with E-state index in [1.54, 1.807) is 0 Å². The van der Waals surface area contributed by atoms with Crippen LogP contribution in [0.2, 0.25) is 0 Å². The molecule has 0 aliphatic heterocycles. The Morgan fingerprint density at radius 2 is 2.50 bits per heavy atom. The van der Waals surface area contributed by atoms with Crippen molar-refractivity contribution >= 4 is 22.4 Å². The molecule has 1 aromatic heterocycles. The zero-order valence-corrected chi connectivity index (χ0v) is 7.29. The number of rotatable bonds is 2. The van der Waals surface area contributed by atoms with Crippen LogP contribution in [-0.4, -0.2) is 15.4 Å². The second kappa shape index (κ2) is 3.12. The van der Waals surface area contributed by atoms with Crippen molar-refractivity contribution in [2.24, 2.45) is 0 Å². The average molecular weight is 177 g/mol. The summed E-state index contributed by atoms with van der Waals surface area (Å²) in [7, 11) is 0. The van der Waals surface area contributed by atoms with Gasteiger partial charge in [-0.15, -0.1) is 0 Å². The molecule has 0 aromatic carbocycles. The van der Waals surface area contributed by atoms with Crippen LogP contribution >= 0.6 is 11.3 Å². The molecule has 3 nitrogen and oxygen atoms in total. The van der Waals surface area contributed by atoms with E-state index in [0.29, 0.717) is 5.19 Å². The molecule has 0 fully saturated rings. The lowest BCUT2D eigenvalue weighted by molar-refractivity contribution is 0.563. The molecule has 5 heteroatoms. The van der Waals surface area contributed by atoms with Gasteiger partial charge in [0.05, 0.1) is 5.69 Å². The molecule has 1 rings (SSSR count). The monoisotopic (exact) mass is 177 g/mol. The van der Waals surface area contributed by atoms with Crippen molar-refractivity contribution in [3.05, 3.63) is 11.1 Å². The lowest BCUT2D eigenvalue weighted by atomic mass is 10.6. The fourth-order valence-electron chi connectivity index (χ4n) is 0.471. The molecule has 1 heterocycles. The van der Waals surface area contributed by atoms with E-state index in [4.69, 9.17) is 4.18 Å². The Labute approximate surface area is 65.7 Å².